The summed E-state index contributed by atoms with van der Waals surface area (Å²) in [6.07, 6.45) is 6.30. The van der Waals surface area contributed by atoms with Gasteiger partial charge >= 0.3 is 0 Å². The Kier molecular flexibility index (Phi) is 21.3. The SMILES string of the molecule is CCCCCCCOCCOCCOCCOCCOCCOCCOc1ccccc1N. The van der Waals surface area contributed by atoms with Gasteiger partial charge in [-0.05, 0) is 18.6 Å². The largest absolute Gasteiger partial charge is 0.489 e. The quantitative estimate of drug-likeness (QED) is 0.170. The van der Waals surface area contributed by atoms with Crippen LogP contribution in [0.25, 0.3) is 0 Å². The van der Waals surface area contributed by atoms with Crippen LogP contribution in [0.5, 0.6) is 5.75 Å². The molecule has 192 valence electrons. The van der Waals surface area contributed by atoms with Crippen LogP contribution in [0, 0.1) is 0 Å². The molecule has 1 aromatic carbocycles. The van der Waals surface area contributed by atoms with Crippen LogP contribution in [0.1, 0.15) is 39.0 Å². The van der Waals surface area contributed by atoms with Crippen LogP contribution < -0.4 is 10.5 Å². The number of benzene rings is 1. The third kappa shape index (κ3) is 19.7. The second-order valence-electron chi connectivity index (χ2n) is 7.47. The van der Waals surface area contributed by atoms with Gasteiger partial charge < -0.3 is 38.9 Å². The molecule has 0 radical (unpaired) electrons. The molecule has 0 aliphatic carbocycles. The summed E-state index contributed by atoms with van der Waals surface area (Å²) in [4.78, 5) is 0. The number of para-hydroxylation sites is 2. The van der Waals surface area contributed by atoms with Crippen molar-refractivity contribution >= 4 is 5.69 Å². The molecule has 0 fully saturated rings. The molecule has 33 heavy (non-hydrogen) atoms. The Morgan fingerprint density at radius 3 is 1.42 bits per heavy atom. The average Bonchev–Trinajstić information content (AvgIpc) is 2.83. The fourth-order valence-electron chi connectivity index (χ4n) is 2.83. The maximum absolute atomic E-state index is 5.80. The molecular formula is C25H45NO7. The van der Waals surface area contributed by atoms with E-state index in [1.807, 2.05) is 24.3 Å². The van der Waals surface area contributed by atoms with Gasteiger partial charge in [0.1, 0.15) is 12.4 Å². The summed E-state index contributed by atoms with van der Waals surface area (Å²) < 4.78 is 38.4. The minimum Gasteiger partial charge on any atom is -0.489 e. The molecular weight excluding hydrogens is 426 g/mol. The third-order valence-corrected chi connectivity index (χ3v) is 4.66. The Morgan fingerprint density at radius 1 is 0.515 bits per heavy atom. The van der Waals surface area contributed by atoms with Gasteiger partial charge in [-0.15, -0.1) is 0 Å². The average molecular weight is 472 g/mol. The van der Waals surface area contributed by atoms with E-state index in [9.17, 15) is 0 Å². The summed E-state index contributed by atoms with van der Waals surface area (Å²) in [5.41, 5.74) is 6.43. The van der Waals surface area contributed by atoms with E-state index < -0.39 is 0 Å². The summed E-state index contributed by atoms with van der Waals surface area (Å²) in [6.45, 7) is 9.59. The molecule has 1 rings (SSSR count). The number of hydrogen-bond acceptors (Lipinski definition) is 8. The van der Waals surface area contributed by atoms with Crippen molar-refractivity contribution < 1.29 is 33.2 Å². The van der Waals surface area contributed by atoms with Gasteiger partial charge in [-0.3, -0.25) is 0 Å². The van der Waals surface area contributed by atoms with Crippen molar-refractivity contribution in [3.8, 4) is 5.75 Å². The summed E-state index contributed by atoms with van der Waals surface area (Å²) in [5.74, 6) is 0.680. The molecule has 0 atom stereocenters. The molecule has 0 bridgehead atoms. The van der Waals surface area contributed by atoms with Gasteiger partial charge in [-0.25, -0.2) is 0 Å². The highest BCUT2D eigenvalue weighted by atomic mass is 16.6. The van der Waals surface area contributed by atoms with E-state index in [-0.39, 0.29) is 0 Å². The summed E-state index contributed by atoms with van der Waals surface area (Å²) in [5, 5.41) is 0. The van der Waals surface area contributed by atoms with Crippen LogP contribution in [0.3, 0.4) is 0 Å². The zero-order valence-electron chi connectivity index (χ0n) is 20.5. The molecule has 0 aliphatic rings. The first-order valence-corrected chi connectivity index (χ1v) is 12.3. The molecule has 0 unspecified atom stereocenters. The Hall–Kier alpha value is -1.42. The highest BCUT2D eigenvalue weighted by Gasteiger charge is 1.98. The smallest absolute Gasteiger partial charge is 0.142 e. The van der Waals surface area contributed by atoms with Gasteiger partial charge in [0.25, 0.3) is 0 Å². The maximum atomic E-state index is 5.80. The van der Waals surface area contributed by atoms with Gasteiger partial charge in [0, 0.05) is 6.61 Å². The standard InChI is InChI=1S/C25H45NO7/c1-2-3-4-5-8-11-27-12-13-28-14-15-29-16-17-30-18-19-31-20-21-32-22-23-33-25-10-7-6-9-24(25)26/h6-7,9-10H,2-5,8,11-23,26H2,1H3. The van der Waals surface area contributed by atoms with Crippen molar-refractivity contribution in [3.63, 3.8) is 0 Å². The van der Waals surface area contributed by atoms with Crippen molar-refractivity contribution in [1.29, 1.82) is 0 Å². The fraction of sp³-hybridized carbons (Fsp3) is 0.760. The second kappa shape index (κ2) is 23.7. The van der Waals surface area contributed by atoms with Crippen LogP contribution in [-0.4, -0.2) is 85.9 Å². The Labute approximate surface area is 200 Å². The first-order chi connectivity index (χ1) is 16.3. The molecule has 0 saturated carbocycles. The topological polar surface area (TPSA) is 90.6 Å². The fourth-order valence-corrected chi connectivity index (χ4v) is 2.83. The second-order valence-corrected chi connectivity index (χ2v) is 7.47. The Morgan fingerprint density at radius 2 is 0.939 bits per heavy atom. The van der Waals surface area contributed by atoms with Crippen molar-refractivity contribution in [3.05, 3.63) is 24.3 Å². The number of hydrogen-bond donors (Lipinski definition) is 1. The van der Waals surface area contributed by atoms with Crippen LogP contribution in [-0.2, 0) is 28.4 Å². The molecule has 2 N–H and O–H groups in total. The zero-order chi connectivity index (χ0) is 23.7. The number of nitrogens with two attached hydrogens (primary N) is 1. The van der Waals surface area contributed by atoms with Gasteiger partial charge in [0.15, 0.2) is 0 Å². The molecule has 8 heteroatoms. The third-order valence-electron chi connectivity index (χ3n) is 4.66. The molecule has 0 aliphatic heterocycles. The van der Waals surface area contributed by atoms with Gasteiger partial charge in [0.05, 0.1) is 78.4 Å². The van der Waals surface area contributed by atoms with Crippen molar-refractivity contribution in [2.75, 3.05) is 91.6 Å². The molecule has 8 nitrogen and oxygen atoms in total. The molecule has 1 aromatic rings. The number of ether oxygens (including phenoxy) is 7. The first kappa shape index (κ1) is 29.6. The van der Waals surface area contributed by atoms with Gasteiger partial charge in [0.2, 0.25) is 0 Å². The number of unbranched alkanes of at least 4 members (excludes halogenated alkanes) is 4. The van der Waals surface area contributed by atoms with E-state index in [4.69, 9.17) is 38.9 Å². The van der Waals surface area contributed by atoms with E-state index in [1.165, 1.54) is 25.7 Å². The van der Waals surface area contributed by atoms with Gasteiger partial charge in [-0.2, -0.15) is 0 Å². The highest BCUT2D eigenvalue weighted by molar-refractivity contribution is 5.51. The van der Waals surface area contributed by atoms with Crippen molar-refractivity contribution in [1.82, 2.24) is 0 Å². The summed E-state index contributed by atoms with van der Waals surface area (Å²) in [7, 11) is 0. The van der Waals surface area contributed by atoms with Crippen molar-refractivity contribution in [2.45, 2.75) is 39.0 Å². The molecule has 0 spiro atoms. The Bertz CT molecular complexity index is 533. The lowest BCUT2D eigenvalue weighted by atomic mass is 10.2. The normalized spacial score (nSPS) is 11.2. The lowest BCUT2D eigenvalue weighted by Crippen LogP contribution is -2.15. The summed E-state index contributed by atoms with van der Waals surface area (Å²) >= 11 is 0. The molecule has 0 amide bonds. The molecule has 0 aromatic heterocycles. The van der Waals surface area contributed by atoms with Gasteiger partial charge in [-0.1, -0.05) is 44.7 Å². The number of anilines is 1. The molecule has 0 heterocycles. The number of nitrogen functional groups attached to an aromatic ring is 1. The van der Waals surface area contributed by atoms with E-state index in [0.29, 0.717) is 90.7 Å². The van der Waals surface area contributed by atoms with Crippen LogP contribution in [0.15, 0.2) is 24.3 Å². The lowest BCUT2D eigenvalue weighted by molar-refractivity contribution is -0.0179. The first-order valence-electron chi connectivity index (χ1n) is 12.3. The van der Waals surface area contributed by atoms with Crippen molar-refractivity contribution in [2.24, 2.45) is 0 Å². The van der Waals surface area contributed by atoms with Crippen LogP contribution >= 0.6 is 0 Å². The monoisotopic (exact) mass is 471 g/mol. The van der Waals surface area contributed by atoms with E-state index in [0.717, 1.165) is 13.0 Å². The van der Waals surface area contributed by atoms with Crippen LogP contribution in [0.2, 0.25) is 0 Å². The maximum Gasteiger partial charge on any atom is 0.142 e. The van der Waals surface area contributed by atoms with E-state index >= 15 is 0 Å². The minimum absolute atomic E-state index is 0.454. The predicted octanol–water partition coefficient (Wildman–Crippen LogP) is 3.72. The minimum atomic E-state index is 0.454. The highest BCUT2D eigenvalue weighted by Crippen LogP contribution is 2.19. The van der Waals surface area contributed by atoms with Crippen LogP contribution in [0.4, 0.5) is 5.69 Å². The zero-order valence-corrected chi connectivity index (χ0v) is 20.5. The van der Waals surface area contributed by atoms with E-state index in [1.54, 1.807) is 0 Å². The summed E-state index contributed by atoms with van der Waals surface area (Å²) in [6, 6.07) is 7.41. The van der Waals surface area contributed by atoms with E-state index in [2.05, 4.69) is 6.92 Å². The number of rotatable bonds is 25. The predicted molar refractivity (Wildman–Crippen MR) is 130 cm³/mol. The Balaban J connectivity index is 1.67. The molecule has 0 saturated heterocycles. The lowest BCUT2D eigenvalue weighted by Gasteiger charge is -2.09.